The highest BCUT2D eigenvalue weighted by Gasteiger charge is 2.25. The molecule has 0 unspecified atom stereocenters. The molecular formula is C63H39N5O. The highest BCUT2D eigenvalue weighted by Crippen LogP contribution is 2.44. The van der Waals surface area contributed by atoms with Crippen molar-refractivity contribution in [3.63, 3.8) is 0 Å². The van der Waals surface area contributed by atoms with Crippen molar-refractivity contribution >= 4 is 65.6 Å². The first-order chi connectivity index (χ1) is 34.2. The summed E-state index contributed by atoms with van der Waals surface area (Å²) in [6, 6.07) is 83.2. The summed E-state index contributed by atoms with van der Waals surface area (Å²) in [6.07, 6.45) is 0. The van der Waals surface area contributed by atoms with Crippen LogP contribution in [-0.4, -0.2) is 24.1 Å². The van der Waals surface area contributed by atoms with Crippen molar-refractivity contribution in [2.75, 3.05) is 0 Å². The molecule has 0 amide bonds. The van der Waals surface area contributed by atoms with Gasteiger partial charge in [-0.15, -0.1) is 0 Å². The first-order valence-electron chi connectivity index (χ1n) is 23.3. The Bertz CT molecular complexity index is 4150. The van der Waals surface area contributed by atoms with Crippen molar-refractivity contribution in [2.45, 2.75) is 0 Å². The first kappa shape index (κ1) is 38.8. The molecule has 4 aromatic heterocycles. The average Bonchev–Trinajstić information content (AvgIpc) is 4.10. The van der Waals surface area contributed by atoms with Gasteiger partial charge in [0, 0.05) is 49.1 Å². The van der Waals surface area contributed by atoms with Crippen molar-refractivity contribution in [1.82, 2.24) is 24.1 Å². The summed E-state index contributed by atoms with van der Waals surface area (Å²) in [7, 11) is 0. The summed E-state index contributed by atoms with van der Waals surface area (Å²) in [5.41, 5.74) is 15.3. The van der Waals surface area contributed by atoms with Gasteiger partial charge in [0.1, 0.15) is 5.52 Å². The molecule has 0 aliphatic carbocycles. The number of benzene rings is 10. The molecule has 0 saturated carbocycles. The fraction of sp³-hybridized carbons (Fsp3) is 0. The van der Waals surface area contributed by atoms with Crippen LogP contribution in [0.1, 0.15) is 0 Å². The highest BCUT2D eigenvalue weighted by atomic mass is 16.3. The molecule has 0 aliphatic heterocycles. The molecule has 322 valence electrons. The van der Waals surface area contributed by atoms with Gasteiger partial charge in [0.2, 0.25) is 5.95 Å². The third kappa shape index (κ3) is 6.30. The van der Waals surface area contributed by atoms with Crippen molar-refractivity contribution in [3.8, 4) is 67.8 Å². The SMILES string of the molecule is c1ccc(-c2ccc(-c3nc(-c4ccc(-c5ccccc5)cc4)nc(-n4c5ccccc5c5ccc6c7ccc8c9ccccc9n(-c9ccc(-c%10ccccc%10)cc9)c8c7oc6c54)n3)cc2)cc1. The Morgan fingerprint density at radius 1 is 0.261 bits per heavy atom. The van der Waals surface area contributed by atoms with E-state index >= 15 is 0 Å². The molecule has 0 aliphatic rings. The predicted octanol–water partition coefficient (Wildman–Crippen LogP) is 16.3. The molecule has 4 heterocycles. The van der Waals surface area contributed by atoms with Crippen LogP contribution in [-0.2, 0) is 0 Å². The second-order valence-corrected chi connectivity index (χ2v) is 17.6. The minimum Gasteiger partial charge on any atom is -0.452 e. The zero-order chi connectivity index (χ0) is 45.4. The molecule has 0 spiro atoms. The molecule has 6 nitrogen and oxygen atoms in total. The molecule has 0 bridgehead atoms. The van der Waals surface area contributed by atoms with Crippen LogP contribution in [0.4, 0.5) is 0 Å². The van der Waals surface area contributed by atoms with Gasteiger partial charge >= 0.3 is 0 Å². The zero-order valence-corrected chi connectivity index (χ0v) is 37.2. The molecule has 0 atom stereocenters. The van der Waals surface area contributed by atoms with E-state index < -0.39 is 0 Å². The van der Waals surface area contributed by atoms with E-state index in [1.165, 1.54) is 16.5 Å². The number of nitrogens with zero attached hydrogens (tertiary/aromatic N) is 5. The van der Waals surface area contributed by atoms with Gasteiger partial charge < -0.3 is 8.98 Å². The summed E-state index contributed by atoms with van der Waals surface area (Å²) in [6.45, 7) is 0. The van der Waals surface area contributed by atoms with Crippen molar-refractivity contribution < 1.29 is 4.42 Å². The van der Waals surface area contributed by atoms with Gasteiger partial charge in [-0.3, -0.25) is 4.57 Å². The van der Waals surface area contributed by atoms with E-state index in [4.69, 9.17) is 19.4 Å². The zero-order valence-electron chi connectivity index (χ0n) is 37.2. The fourth-order valence-corrected chi connectivity index (χ4v) is 10.3. The Balaban J connectivity index is 1.01. The van der Waals surface area contributed by atoms with Crippen LogP contribution in [0.3, 0.4) is 0 Å². The predicted molar refractivity (Wildman–Crippen MR) is 283 cm³/mol. The average molecular weight is 882 g/mol. The highest BCUT2D eigenvalue weighted by molar-refractivity contribution is 6.26. The first-order valence-corrected chi connectivity index (χ1v) is 23.3. The summed E-state index contributed by atoms with van der Waals surface area (Å²) in [5.74, 6) is 1.66. The van der Waals surface area contributed by atoms with Crippen LogP contribution >= 0.6 is 0 Å². The monoisotopic (exact) mass is 881 g/mol. The summed E-state index contributed by atoms with van der Waals surface area (Å²) >= 11 is 0. The number of hydrogen-bond donors (Lipinski definition) is 0. The van der Waals surface area contributed by atoms with Crippen molar-refractivity contribution in [3.05, 3.63) is 237 Å². The quantitative estimate of drug-likeness (QED) is 0.160. The van der Waals surface area contributed by atoms with Crippen molar-refractivity contribution in [2.24, 2.45) is 0 Å². The fourth-order valence-electron chi connectivity index (χ4n) is 10.3. The summed E-state index contributed by atoms with van der Waals surface area (Å²) < 4.78 is 11.9. The van der Waals surface area contributed by atoms with Crippen LogP contribution in [0.5, 0.6) is 0 Å². The van der Waals surface area contributed by atoms with E-state index in [-0.39, 0.29) is 0 Å². The Morgan fingerprint density at radius 3 is 1.07 bits per heavy atom. The molecule has 0 fully saturated rings. The van der Waals surface area contributed by atoms with E-state index in [2.05, 4.69) is 234 Å². The number of fused-ring (bicyclic) bond motifs is 11. The molecule has 6 heteroatoms. The van der Waals surface area contributed by atoms with Gasteiger partial charge in [0.15, 0.2) is 22.8 Å². The Morgan fingerprint density at radius 2 is 0.609 bits per heavy atom. The lowest BCUT2D eigenvalue weighted by atomic mass is 10.0. The van der Waals surface area contributed by atoms with E-state index in [0.29, 0.717) is 17.6 Å². The molecule has 10 aromatic carbocycles. The Kier molecular flexibility index (Phi) is 8.79. The molecular weight excluding hydrogens is 843 g/mol. The maximum absolute atomic E-state index is 7.38. The van der Waals surface area contributed by atoms with Gasteiger partial charge in [-0.05, 0) is 69.8 Å². The maximum atomic E-state index is 7.38. The molecule has 69 heavy (non-hydrogen) atoms. The van der Waals surface area contributed by atoms with Gasteiger partial charge in [0.25, 0.3) is 0 Å². The van der Waals surface area contributed by atoms with Crippen LogP contribution < -0.4 is 0 Å². The third-order valence-corrected chi connectivity index (χ3v) is 13.6. The Labute approximate surface area is 396 Å². The summed E-state index contributed by atoms with van der Waals surface area (Å²) in [5, 5.41) is 6.48. The standard InChI is InChI=1S/C63H39N5O/c1-4-14-40(15-5-1)43-24-28-46(29-25-43)61-64-62(47-30-26-44(27-31-47)41-16-6-2-7-17-41)66-63(65-61)68-56-23-13-11-21-50(56)52-37-39-54-53-38-36-51-49-20-10-12-22-55(49)67(57(51)59(53)69-60(54)58(52)68)48-34-32-45(33-35-48)42-18-8-3-9-19-42/h1-39H. The van der Waals surface area contributed by atoms with E-state index in [1.54, 1.807) is 0 Å². The lowest BCUT2D eigenvalue weighted by molar-refractivity contribution is 0.673. The topological polar surface area (TPSA) is 61.7 Å². The van der Waals surface area contributed by atoms with Crippen LogP contribution in [0.25, 0.3) is 133 Å². The second-order valence-electron chi connectivity index (χ2n) is 17.6. The lowest BCUT2D eigenvalue weighted by Gasteiger charge is -2.12. The second kappa shape index (κ2) is 15.6. The molecule has 0 N–H and O–H groups in total. The lowest BCUT2D eigenvalue weighted by Crippen LogP contribution is -2.06. The van der Waals surface area contributed by atoms with Gasteiger partial charge in [-0.2, -0.15) is 9.97 Å². The molecule has 0 saturated heterocycles. The van der Waals surface area contributed by atoms with Crippen LogP contribution in [0.2, 0.25) is 0 Å². The molecule has 14 aromatic rings. The number of furan rings is 1. The number of para-hydroxylation sites is 2. The molecule has 14 rings (SSSR count). The van der Waals surface area contributed by atoms with E-state index in [9.17, 15) is 0 Å². The van der Waals surface area contributed by atoms with Gasteiger partial charge in [-0.25, -0.2) is 4.98 Å². The van der Waals surface area contributed by atoms with Crippen LogP contribution in [0, 0.1) is 0 Å². The maximum Gasteiger partial charge on any atom is 0.238 e. The van der Waals surface area contributed by atoms with Crippen molar-refractivity contribution in [1.29, 1.82) is 0 Å². The summed E-state index contributed by atoms with van der Waals surface area (Å²) in [4.78, 5) is 15.9. The third-order valence-electron chi connectivity index (χ3n) is 13.6. The smallest absolute Gasteiger partial charge is 0.238 e. The number of rotatable bonds is 7. The minimum atomic E-state index is 0.506. The van der Waals surface area contributed by atoms with E-state index in [1.807, 2.05) is 12.1 Å². The molecule has 0 radical (unpaired) electrons. The Hall–Kier alpha value is -9.39. The normalized spacial score (nSPS) is 11.8. The van der Waals surface area contributed by atoms with E-state index in [0.717, 1.165) is 99.2 Å². The number of hydrogen-bond acceptors (Lipinski definition) is 4. The number of aromatic nitrogens is 5. The van der Waals surface area contributed by atoms with Gasteiger partial charge in [-0.1, -0.05) is 200 Å². The minimum absolute atomic E-state index is 0.506. The largest absolute Gasteiger partial charge is 0.452 e. The van der Waals surface area contributed by atoms with Crippen LogP contribution in [0.15, 0.2) is 241 Å². The van der Waals surface area contributed by atoms with Gasteiger partial charge in [0.05, 0.1) is 16.6 Å².